The lowest BCUT2D eigenvalue weighted by atomic mass is 9.91. The lowest BCUT2D eigenvalue weighted by molar-refractivity contribution is -0.142. The van der Waals surface area contributed by atoms with E-state index in [1.54, 1.807) is 6.92 Å². The number of ketones is 3. The van der Waals surface area contributed by atoms with Crippen LogP contribution < -0.4 is 9.47 Å². The van der Waals surface area contributed by atoms with Crippen molar-refractivity contribution in [2.45, 2.75) is 39.5 Å². The molecule has 5 nitrogen and oxygen atoms in total. The van der Waals surface area contributed by atoms with Crippen LogP contribution in [0, 0.1) is 5.92 Å². The minimum Gasteiger partial charge on any atom is -0.483 e. The number of ether oxygens (including phenoxy) is 2. The first-order valence-electron chi connectivity index (χ1n) is 9.21. The third-order valence-electron chi connectivity index (χ3n) is 4.32. The van der Waals surface area contributed by atoms with Gasteiger partial charge < -0.3 is 9.47 Å². The highest BCUT2D eigenvalue weighted by Gasteiger charge is 2.34. The van der Waals surface area contributed by atoms with Gasteiger partial charge >= 0.3 is 6.18 Å². The summed E-state index contributed by atoms with van der Waals surface area (Å²) in [4.78, 5) is 36.0. The van der Waals surface area contributed by atoms with Crippen LogP contribution in [0.25, 0.3) is 0 Å². The summed E-state index contributed by atoms with van der Waals surface area (Å²) >= 11 is 0. The summed E-state index contributed by atoms with van der Waals surface area (Å²) in [7, 11) is 0. The van der Waals surface area contributed by atoms with Crippen LogP contribution in [-0.2, 0) is 20.6 Å². The molecule has 0 bridgehead atoms. The normalized spacial score (nSPS) is 13.3. The molecular formula is C22H21F3O5. The van der Waals surface area contributed by atoms with Gasteiger partial charge in [0.05, 0.1) is 5.56 Å². The van der Waals surface area contributed by atoms with Crippen molar-refractivity contribution in [3.8, 4) is 17.2 Å². The highest BCUT2D eigenvalue weighted by molar-refractivity contribution is 6.19. The molecule has 2 atom stereocenters. The summed E-state index contributed by atoms with van der Waals surface area (Å²) < 4.78 is 48.8. The Morgan fingerprint density at radius 2 is 1.37 bits per heavy atom. The molecule has 160 valence electrons. The van der Waals surface area contributed by atoms with Gasteiger partial charge in [0, 0.05) is 6.42 Å². The molecule has 0 N–H and O–H groups in total. The number of hydrogen-bond donors (Lipinski definition) is 0. The van der Waals surface area contributed by atoms with E-state index in [0.717, 1.165) is 12.1 Å². The van der Waals surface area contributed by atoms with E-state index in [9.17, 15) is 27.6 Å². The largest absolute Gasteiger partial charge is 0.483 e. The predicted octanol–water partition coefficient (Wildman–Crippen LogP) is 5.02. The molecule has 0 amide bonds. The monoisotopic (exact) mass is 422 g/mol. The zero-order valence-corrected chi connectivity index (χ0v) is 16.7. The minimum atomic E-state index is -4.42. The van der Waals surface area contributed by atoms with E-state index in [-0.39, 0.29) is 12.2 Å². The summed E-state index contributed by atoms with van der Waals surface area (Å²) in [6.45, 7) is 4.22. The first kappa shape index (κ1) is 23.1. The third-order valence-corrected chi connectivity index (χ3v) is 4.32. The second kappa shape index (κ2) is 9.56. The fourth-order valence-electron chi connectivity index (χ4n) is 2.72. The van der Waals surface area contributed by atoms with Gasteiger partial charge in [0.25, 0.3) is 0 Å². The van der Waals surface area contributed by atoms with E-state index in [1.165, 1.54) is 50.2 Å². The van der Waals surface area contributed by atoms with E-state index < -0.39 is 41.1 Å². The van der Waals surface area contributed by atoms with Crippen molar-refractivity contribution in [3.63, 3.8) is 0 Å². The van der Waals surface area contributed by atoms with Crippen LogP contribution in [0.2, 0.25) is 0 Å². The van der Waals surface area contributed by atoms with Gasteiger partial charge in [0.1, 0.15) is 28.9 Å². The smallest absolute Gasteiger partial charge is 0.416 e. The second-order valence-corrected chi connectivity index (χ2v) is 6.62. The molecule has 0 fully saturated rings. The van der Waals surface area contributed by atoms with E-state index in [0.29, 0.717) is 11.5 Å². The Kier molecular flexibility index (Phi) is 7.37. The fourth-order valence-corrected chi connectivity index (χ4v) is 2.72. The molecule has 0 aliphatic rings. The Bertz CT molecular complexity index is 902. The van der Waals surface area contributed by atoms with Gasteiger partial charge in [-0.25, -0.2) is 0 Å². The Morgan fingerprint density at radius 1 is 0.900 bits per heavy atom. The summed E-state index contributed by atoms with van der Waals surface area (Å²) in [5, 5.41) is 0. The van der Waals surface area contributed by atoms with E-state index in [4.69, 9.17) is 9.47 Å². The zero-order valence-electron chi connectivity index (χ0n) is 16.7. The number of rotatable bonds is 9. The molecular weight excluding hydrogens is 401 g/mol. The number of carbonyl (C=O) groups excluding carboxylic acids is 3. The Morgan fingerprint density at radius 3 is 1.80 bits per heavy atom. The van der Waals surface area contributed by atoms with Crippen molar-refractivity contribution in [1.29, 1.82) is 0 Å². The molecule has 0 heterocycles. The molecule has 0 aromatic heterocycles. The molecule has 0 saturated carbocycles. The molecule has 2 unspecified atom stereocenters. The van der Waals surface area contributed by atoms with E-state index in [1.807, 2.05) is 0 Å². The summed E-state index contributed by atoms with van der Waals surface area (Å²) in [5.74, 6) is -2.05. The van der Waals surface area contributed by atoms with Crippen LogP contribution in [0.15, 0.2) is 48.5 Å². The van der Waals surface area contributed by atoms with Gasteiger partial charge in [-0.05, 0) is 62.4 Å². The first-order chi connectivity index (χ1) is 14.0. The second-order valence-electron chi connectivity index (χ2n) is 6.62. The lowest BCUT2D eigenvalue weighted by Crippen LogP contribution is -2.38. The molecule has 0 radical (unpaired) electrons. The van der Waals surface area contributed by atoms with Gasteiger partial charge in [-0.2, -0.15) is 13.2 Å². The fraction of sp³-hybridized carbons (Fsp3) is 0.318. The molecule has 2 aromatic carbocycles. The third kappa shape index (κ3) is 5.92. The van der Waals surface area contributed by atoms with Gasteiger partial charge in [0.2, 0.25) is 0 Å². The van der Waals surface area contributed by atoms with Gasteiger partial charge in [-0.3, -0.25) is 14.4 Å². The van der Waals surface area contributed by atoms with Crippen molar-refractivity contribution in [1.82, 2.24) is 0 Å². The average Bonchev–Trinajstić information content (AvgIpc) is 2.68. The lowest BCUT2D eigenvalue weighted by Gasteiger charge is -2.18. The number of benzene rings is 2. The molecule has 0 aliphatic heterocycles. The number of Topliss-reactive ketones (excluding diaryl/α,β-unsaturated/α-hetero) is 3. The highest BCUT2D eigenvalue weighted by atomic mass is 19.4. The molecule has 30 heavy (non-hydrogen) atoms. The Hall–Kier alpha value is -3.16. The zero-order chi connectivity index (χ0) is 22.5. The predicted molar refractivity (Wildman–Crippen MR) is 103 cm³/mol. The molecule has 0 saturated heterocycles. The van der Waals surface area contributed by atoms with Crippen LogP contribution in [0.3, 0.4) is 0 Å². The molecule has 0 aliphatic carbocycles. The Labute approximate surface area is 171 Å². The van der Waals surface area contributed by atoms with Gasteiger partial charge in [0.15, 0.2) is 17.7 Å². The van der Waals surface area contributed by atoms with Crippen LogP contribution in [0.5, 0.6) is 17.2 Å². The van der Waals surface area contributed by atoms with Crippen molar-refractivity contribution >= 4 is 17.3 Å². The molecule has 8 heteroatoms. The SMILES string of the molecule is CCC(=O)C(C(C)=O)C(=O)C(C)Oc1ccc(Oc2ccc(C(F)(F)F)cc2)cc1. The van der Waals surface area contributed by atoms with Crippen LogP contribution in [-0.4, -0.2) is 23.5 Å². The van der Waals surface area contributed by atoms with E-state index >= 15 is 0 Å². The van der Waals surface area contributed by atoms with Crippen molar-refractivity contribution < 1.29 is 37.0 Å². The van der Waals surface area contributed by atoms with Crippen molar-refractivity contribution in [2.75, 3.05) is 0 Å². The summed E-state index contributed by atoms with van der Waals surface area (Å²) in [5.41, 5.74) is -0.775. The number of halogens is 3. The van der Waals surface area contributed by atoms with Gasteiger partial charge in [-0.1, -0.05) is 6.92 Å². The summed E-state index contributed by atoms with van der Waals surface area (Å²) in [6.07, 6.45) is -5.37. The molecule has 0 spiro atoms. The number of alkyl halides is 3. The van der Waals surface area contributed by atoms with E-state index in [2.05, 4.69) is 0 Å². The number of carbonyl (C=O) groups is 3. The maximum Gasteiger partial charge on any atom is 0.416 e. The minimum absolute atomic E-state index is 0.0681. The highest BCUT2D eigenvalue weighted by Crippen LogP contribution is 2.31. The topological polar surface area (TPSA) is 69.7 Å². The van der Waals surface area contributed by atoms with Gasteiger partial charge in [-0.15, -0.1) is 0 Å². The molecule has 2 rings (SSSR count). The standard InChI is InChI=1S/C22H21F3O5/c1-4-19(27)20(13(2)26)21(28)14(3)29-16-9-11-18(12-10-16)30-17-7-5-15(6-8-17)22(23,24)25/h5-12,14,20H,4H2,1-3H3. The maximum atomic E-state index is 12.6. The first-order valence-corrected chi connectivity index (χ1v) is 9.21. The molecule has 2 aromatic rings. The van der Waals surface area contributed by atoms with Crippen molar-refractivity contribution in [2.24, 2.45) is 5.92 Å². The summed E-state index contributed by atoms with van der Waals surface area (Å²) in [6, 6.07) is 10.3. The van der Waals surface area contributed by atoms with Crippen LogP contribution in [0.1, 0.15) is 32.8 Å². The quantitative estimate of drug-likeness (QED) is 0.531. The Balaban J connectivity index is 2.02. The van der Waals surface area contributed by atoms with Crippen molar-refractivity contribution in [3.05, 3.63) is 54.1 Å². The van der Waals surface area contributed by atoms with Crippen LogP contribution in [0.4, 0.5) is 13.2 Å². The average molecular weight is 422 g/mol. The number of hydrogen-bond acceptors (Lipinski definition) is 5. The van der Waals surface area contributed by atoms with Crippen LogP contribution >= 0.6 is 0 Å². The maximum absolute atomic E-state index is 12.6.